The van der Waals surface area contributed by atoms with Crippen molar-refractivity contribution in [2.75, 3.05) is 5.32 Å². The summed E-state index contributed by atoms with van der Waals surface area (Å²) in [6.07, 6.45) is 2.25. The zero-order valence-electron chi connectivity index (χ0n) is 9.71. The van der Waals surface area contributed by atoms with Gasteiger partial charge in [-0.05, 0) is 24.1 Å². The molecule has 82 valence electrons. The van der Waals surface area contributed by atoms with Gasteiger partial charge >= 0.3 is 0 Å². The van der Waals surface area contributed by atoms with Crippen LogP contribution in [0.3, 0.4) is 0 Å². The van der Waals surface area contributed by atoms with Gasteiger partial charge in [0.05, 0.1) is 0 Å². The molecule has 0 spiro atoms. The van der Waals surface area contributed by atoms with Crippen LogP contribution >= 0.6 is 0 Å². The SMILES string of the molecule is CCCc1ccc(NC(=O)C(C)C)cc1. The zero-order chi connectivity index (χ0) is 11.3. The van der Waals surface area contributed by atoms with Crippen LogP contribution in [0.2, 0.25) is 0 Å². The number of anilines is 1. The first-order valence-electron chi connectivity index (χ1n) is 5.53. The van der Waals surface area contributed by atoms with Crippen molar-refractivity contribution >= 4 is 11.6 Å². The Kier molecular flexibility index (Phi) is 4.35. The van der Waals surface area contributed by atoms with Gasteiger partial charge in [0.25, 0.3) is 0 Å². The van der Waals surface area contributed by atoms with E-state index in [-0.39, 0.29) is 11.8 Å². The van der Waals surface area contributed by atoms with E-state index in [0.29, 0.717) is 0 Å². The lowest BCUT2D eigenvalue weighted by molar-refractivity contribution is -0.118. The highest BCUT2D eigenvalue weighted by molar-refractivity contribution is 5.91. The quantitative estimate of drug-likeness (QED) is 0.803. The van der Waals surface area contributed by atoms with Gasteiger partial charge in [-0.3, -0.25) is 4.79 Å². The van der Waals surface area contributed by atoms with Gasteiger partial charge in [0.15, 0.2) is 0 Å². The van der Waals surface area contributed by atoms with Gasteiger partial charge in [0.1, 0.15) is 0 Å². The largest absolute Gasteiger partial charge is 0.326 e. The van der Waals surface area contributed by atoms with Crippen molar-refractivity contribution in [1.82, 2.24) is 0 Å². The zero-order valence-corrected chi connectivity index (χ0v) is 9.71. The summed E-state index contributed by atoms with van der Waals surface area (Å²) in [6.45, 7) is 5.94. The molecular weight excluding hydrogens is 186 g/mol. The van der Waals surface area contributed by atoms with Gasteiger partial charge in [0, 0.05) is 11.6 Å². The number of aryl methyl sites for hydroxylation is 1. The Morgan fingerprint density at radius 1 is 1.27 bits per heavy atom. The molecule has 2 nitrogen and oxygen atoms in total. The van der Waals surface area contributed by atoms with E-state index in [1.807, 2.05) is 26.0 Å². The van der Waals surface area contributed by atoms with E-state index in [4.69, 9.17) is 0 Å². The Labute approximate surface area is 91.7 Å². The van der Waals surface area contributed by atoms with Gasteiger partial charge in [-0.2, -0.15) is 0 Å². The highest BCUT2D eigenvalue weighted by atomic mass is 16.1. The van der Waals surface area contributed by atoms with Crippen LogP contribution in [0.25, 0.3) is 0 Å². The number of hydrogen-bond acceptors (Lipinski definition) is 1. The summed E-state index contributed by atoms with van der Waals surface area (Å²) >= 11 is 0. The fourth-order valence-corrected chi connectivity index (χ4v) is 1.33. The number of rotatable bonds is 4. The molecule has 0 heterocycles. The number of hydrogen-bond donors (Lipinski definition) is 1. The summed E-state index contributed by atoms with van der Waals surface area (Å²) in [5.74, 6) is 0.0959. The Morgan fingerprint density at radius 2 is 1.87 bits per heavy atom. The Bertz CT molecular complexity index is 314. The maximum absolute atomic E-state index is 11.4. The lowest BCUT2D eigenvalue weighted by Gasteiger charge is -2.08. The lowest BCUT2D eigenvalue weighted by Crippen LogP contribution is -2.17. The summed E-state index contributed by atoms with van der Waals surface area (Å²) in [6, 6.07) is 8.06. The predicted molar refractivity (Wildman–Crippen MR) is 63.9 cm³/mol. The van der Waals surface area contributed by atoms with E-state index in [1.54, 1.807) is 0 Å². The molecule has 1 amide bonds. The Hall–Kier alpha value is -1.31. The molecule has 1 rings (SSSR count). The third-order valence-electron chi connectivity index (χ3n) is 2.28. The molecule has 0 aliphatic rings. The predicted octanol–water partition coefficient (Wildman–Crippen LogP) is 3.23. The molecule has 0 aliphatic carbocycles. The minimum atomic E-state index is 0.0281. The van der Waals surface area contributed by atoms with Crippen molar-refractivity contribution in [1.29, 1.82) is 0 Å². The number of amides is 1. The second-order valence-electron chi connectivity index (χ2n) is 4.09. The average molecular weight is 205 g/mol. The fourth-order valence-electron chi connectivity index (χ4n) is 1.33. The Morgan fingerprint density at radius 3 is 2.33 bits per heavy atom. The van der Waals surface area contributed by atoms with Gasteiger partial charge < -0.3 is 5.32 Å². The number of carbonyl (C=O) groups excluding carboxylic acids is 1. The molecule has 0 bridgehead atoms. The standard InChI is InChI=1S/C13H19NO/c1-4-5-11-6-8-12(9-7-11)14-13(15)10(2)3/h6-10H,4-5H2,1-3H3,(H,14,15). The van der Waals surface area contributed by atoms with Crippen LogP contribution in [0.4, 0.5) is 5.69 Å². The van der Waals surface area contributed by atoms with Gasteiger partial charge in [-0.15, -0.1) is 0 Å². The van der Waals surface area contributed by atoms with E-state index in [2.05, 4.69) is 24.4 Å². The van der Waals surface area contributed by atoms with E-state index in [9.17, 15) is 4.79 Å². The smallest absolute Gasteiger partial charge is 0.226 e. The molecule has 15 heavy (non-hydrogen) atoms. The van der Waals surface area contributed by atoms with Crippen molar-refractivity contribution in [2.45, 2.75) is 33.6 Å². The topological polar surface area (TPSA) is 29.1 Å². The minimum Gasteiger partial charge on any atom is -0.326 e. The molecule has 0 unspecified atom stereocenters. The first-order chi connectivity index (χ1) is 7.13. The summed E-state index contributed by atoms with van der Waals surface area (Å²) in [7, 11) is 0. The van der Waals surface area contributed by atoms with Crippen LogP contribution in [0.5, 0.6) is 0 Å². The maximum Gasteiger partial charge on any atom is 0.226 e. The van der Waals surface area contributed by atoms with Crippen molar-refractivity contribution < 1.29 is 4.79 Å². The molecule has 0 saturated heterocycles. The molecule has 2 heteroatoms. The molecule has 0 saturated carbocycles. The van der Waals surface area contributed by atoms with Crippen molar-refractivity contribution in [3.05, 3.63) is 29.8 Å². The first kappa shape index (κ1) is 11.8. The highest BCUT2D eigenvalue weighted by Gasteiger charge is 2.06. The van der Waals surface area contributed by atoms with Crippen molar-refractivity contribution in [3.63, 3.8) is 0 Å². The summed E-state index contributed by atoms with van der Waals surface area (Å²) in [5.41, 5.74) is 2.20. The number of benzene rings is 1. The maximum atomic E-state index is 11.4. The van der Waals surface area contributed by atoms with Crippen LogP contribution in [0.1, 0.15) is 32.8 Å². The first-order valence-corrected chi connectivity index (χ1v) is 5.53. The van der Waals surface area contributed by atoms with Crippen LogP contribution in [-0.2, 0) is 11.2 Å². The van der Waals surface area contributed by atoms with Crippen LogP contribution < -0.4 is 5.32 Å². The third-order valence-corrected chi connectivity index (χ3v) is 2.28. The van der Waals surface area contributed by atoms with E-state index in [0.717, 1.165) is 18.5 Å². The number of nitrogens with one attached hydrogen (secondary N) is 1. The molecule has 0 radical (unpaired) electrons. The molecule has 0 fully saturated rings. The average Bonchev–Trinajstić information content (AvgIpc) is 2.21. The van der Waals surface area contributed by atoms with Crippen LogP contribution in [0, 0.1) is 5.92 Å². The van der Waals surface area contributed by atoms with E-state index in [1.165, 1.54) is 5.56 Å². The fraction of sp³-hybridized carbons (Fsp3) is 0.462. The monoisotopic (exact) mass is 205 g/mol. The summed E-state index contributed by atoms with van der Waals surface area (Å²) in [4.78, 5) is 11.4. The molecule has 0 aromatic heterocycles. The van der Waals surface area contributed by atoms with Crippen molar-refractivity contribution in [2.24, 2.45) is 5.92 Å². The minimum absolute atomic E-state index is 0.0281. The second-order valence-corrected chi connectivity index (χ2v) is 4.09. The molecule has 1 aromatic rings. The van der Waals surface area contributed by atoms with E-state index < -0.39 is 0 Å². The van der Waals surface area contributed by atoms with Gasteiger partial charge in [-0.1, -0.05) is 39.3 Å². The molecular formula is C13H19NO. The molecule has 0 aliphatic heterocycles. The van der Waals surface area contributed by atoms with Crippen molar-refractivity contribution in [3.8, 4) is 0 Å². The third kappa shape index (κ3) is 3.74. The van der Waals surface area contributed by atoms with Crippen LogP contribution in [-0.4, -0.2) is 5.91 Å². The number of carbonyl (C=O) groups is 1. The highest BCUT2D eigenvalue weighted by Crippen LogP contribution is 2.11. The van der Waals surface area contributed by atoms with Crippen LogP contribution in [0.15, 0.2) is 24.3 Å². The normalized spacial score (nSPS) is 10.4. The molecule has 1 aromatic carbocycles. The van der Waals surface area contributed by atoms with Gasteiger partial charge in [0.2, 0.25) is 5.91 Å². The summed E-state index contributed by atoms with van der Waals surface area (Å²) < 4.78 is 0. The summed E-state index contributed by atoms with van der Waals surface area (Å²) in [5, 5.41) is 2.87. The second kappa shape index (κ2) is 5.54. The Balaban J connectivity index is 2.60. The molecule has 0 atom stereocenters. The lowest BCUT2D eigenvalue weighted by atomic mass is 10.1. The van der Waals surface area contributed by atoms with Gasteiger partial charge in [-0.25, -0.2) is 0 Å². The van der Waals surface area contributed by atoms with E-state index >= 15 is 0 Å². The molecule has 1 N–H and O–H groups in total.